The van der Waals surface area contributed by atoms with Crippen molar-refractivity contribution >= 4 is 37.7 Å². The van der Waals surface area contributed by atoms with Crippen LogP contribution in [-0.4, -0.2) is 63.3 Å². The fourth-order valence-electron chi connectivity index (χ4n) is 6.76. The highest BCUT2D eigenvalue weighted by Crippen LogP contribution is 2.45. The first kappa shape index (κ1) is 37.5. The van der Waals surface area contributed by atoms with E-state index in [1.807, 2.05) is 12.1 Å². The Morgan fingerprint density at radius 1 is 1.00 bits per heavy atom. The van der Waals surface area contributed by atoms with Crippen LogP contribution in [0.2, 0.25) is 16.6 Å². The van der Waals surface area contributed by atoms with E-state index < -0.39 is 32.2 Å². The van der Waals surface area contributed by atoms with Gasteiger partial charge in [0.1, 0.15) is 18.0 Å². The summed E-state index contributed by atoms with van der Waals surface area (Å²) in [7, 11) is -0.953. The molecule has 4 rings (SSSR count). The van der Waals surface area contributed by atoms with E-state index in [1.54, 1.807) is 56.1 Å². The van der Waals surface area contributed by atoms with Gasteiger partial charge < -0.3 is 28.7 Å². The van der Waals surface area contributed by atoms with E-state index in [2.05, 4.69) is 48.1 Å². The van der Waals surface area contributed by atoms with Crippen molar-refractivity contribution in [2.75, 3.05) is 25.2 Å². The summed E-state index contributed by atoms with van der Waals surface area (Å²) in [4.78, 5) is 49.1. The zero-order valence-electron chi connectivity index (χ0n) is 30.3. The molecule has 0 spiro atoms. The first-order valence-corrected chi connectivity index (χ1v) is 18.8. The number of amides is 2. The molecule has 0 N–H and O–H groups in total. The van der Waals surface area contributed by atoms with Gasteiger partial charge in [0.2, 0.25) is 5.75 Å². The van der Waals surface area contributed by atoms with Crippen LogP contribution in [0.15, 0.2) is 55.3 Å². The molecule has 266 valence electrons. The van der Waals surface area contributed by atoms with Crippen LogP contribution in [0.4, 0.5) is 15.3 Å². The minimum absolute atomic E-state index is 0.00210. The molecule has 0 saturated carbocycles. The van der Waals surface area contributed by atoms with Gasteiger partial charge in [-0.05, 0) is 73.2 Å². The Labute approximate surface area is 290 Å². The number of methoxy groups -OCH3 is 1. The minimum atomic E-state index is -2.45. The highest BCUT2D eigenvalue weighted by atomic mass is 28.4. The molecule has 0 bridgehead atoms. The molecule has 2 amide bonds. The molecule has 2 aromatic carbocycles. The molecule has 2 aliphatic rings. The minimum Gasteiger partial charge on any atom is -0.493 e. The second-order valence-electron chi connectivity index (χ2n) is 14.3. The van der Waals surface area contributed by atoms with E-state index in [0.29, 0.717) is 23.6 Å². The van der Waals surface area contributed by atoms with Gasteiger partial charge in [-0.25, -0.2) is 14.2 Å². The highest BCUT2D eigenvalue weighted by molar-refractivity contribution is 6.77. The zero-order valence-corrected chi connectivity index (χ0v) is 31.3. The number of rotatable bonds is 11. The van der Waals surface area contributed by atoms with Crippen LogP contribution >= 0.6 is 0 Å². The Morgan fingerprint density at radius 3 is 2.18 bits per heavy atom. The smallest absolute Gasteiger partial charge is 0.493 e. The fraction of sp³-hybridized carbons (Fsp3) is 0.486. The van der Waals surface area contributed by atoms with Gasteiger partial charge in [-0.3, -0.25) is 9.69 Å². The molecule has 1 atom stereocenters. The predicted molar refractivity (Wildman–Crippen MR) is 191 cm³/mol. The summed E-state index contributed by atoms with van der Waals surface area (Å²) in [5.74, 6) is 0.589. The normalized spacial score (nSPS) is 16.2. The molecular weight excluding hydrogens is 644 g/mol. The monoisotopic (exact) mass is 694 g/mol. The Morgan fingerprint density at radius 2 is 1.63 bits per heavy atom. The van der Waals surface area contributed by atoms with E-state index in [0.717, 1.165) is 11.1 Å². The van der Waals surface area contributed by atoms with Crippen molar-refractivity contribution < 1.29 is 42.8 Å². The first-order chi connectivity index (χ1) is 23.0. The van der Waals surface area contributed by atoms with E-state index in [4.69, 9.17) is 28.4 Å². The maximum atomic E-state index is 14.2. The summed E-state index contributed by atoms with van der Waals surface area (Å²) >= 11 is 0. The summed E-state index contributed by atoms with van der Waals surface area (Å²) in [5.41, 5.74) is 2.39. The zero-order chi connectivity index (χ0) is 36.3. The number of ether oxygens (including phenoxy) is 4. The molecule has 49 heavy (non-hydrogen) atoms. The Hall–Kier alpha value is -4.29. The number of anilines is 1. The topological polar surface area (TPSA) is 113 Å². The van der Waals surface area contributed by atoms with E-state index in [9.17, 15) is 14.4 Å². The van der Waals surface area contributed by atoms with Crippen LogP contribution in [0.5, 0.6) is 17.2 Å². The van der Waals surface area contributed by atoms with Crippen LogP contribution in [0, 0.1) is 0 Å². The summed E-state index contributed by atoms with van der Waals surface area (Å²) in [6.07, 6.45) is 2.33. The van der Waals surface area contributed by atoms with Crippen LogP contribution in [-0.2, 0) is 14.1 Å². The summed E-state index contributed by atoms with van der Waals surface area (Å²) in [6, 6.07) is 9.79. The lowest BCUT2D eigenvalue weighted by atomic mass is 10.0. The van der Waals surface area contributed by atoms with Crippen molar-refractivity contribution in [3.63, 3.8) is 0 Å². The molecule has 0 fully saturated rings. The first-order valence-electron chi connectivity index (χ1n) is 16.7. The maximum absolute atomic E-state index is 14.2. The number of hydrogen-bond acceptors (Lipinski definition) is 9. The quantitative estimate of drug-likeness (QED) is 0.0568. The predicted octanol–water partition coefficient (Wildman–Crippen LogP) is 8.89. The average molecular weight is 695 g/mol. The van der Waals surface area contributed by atoms with Gasteiger partial charge in [0.15, 0.2) is 5.75 Å². The van der Waals surface area contributed by atoms with Gasteiger partial charge in [0.25, 0.3) is 14.2 Å². The van der Waals surface area contributed by atoms with Gasteiger partial charge in [-0.15, -0.1) is 0 Å². The molecule has 0 saturated heterocycles. The fourth-order valence-corrected chi connectivity index (χ4v) is 11.6. The Balaban J connectivity index is 1.69. The molecule has 2 heterocycles. The lowest BCUT2D eigenvalue weighted by molar-refractivity contribution is -0.121. The van der Waals surface area contributed by atoms with Crippen molar-refractivity contribution in [1.29, 1.82) is 0 Å². The SMILES string of the molecule is C=CCOC(=O)N1C[C@@H]2CC(c3ccc(OC(=O)OC(C)(C)C)cc3)=CN2C(=O)c2cc(OC)c(OO[Si](C(C)C)(C(C)C)C(C)C)cc21. The molecule has 11 nitrogen and oxygen atoms in total. The van der Waals surface area contributed by atoms with Crippen molar-refractivity contribution in [3.05, 3.63) is 66.4 Å². The standard InChI is InChI=1S/C37H50N2O9Si/c1-12-17-44-35(41)39-22-28-18-27(26-13-15-29(16-14-26)45-36(42)46-37(8,9)10)21-38(28)34(40)30-19-32(43-11)33(20-31(30)39)47-48-49(23(2)3,24(4)5)25(6)7/h12-16,19-21,23-25,28H,1,17-18,22H2,2-11H3/t28-/m0/s1. The van der Waals surface area contributed by atoms with Gasteiger partial charge in [-0.2, -0.15) is 0 Å². The molecule has 0 radical (unpaired) electrons. The summed E-state index contributed by atoms with van der Waals surface area (Å²) < 4.78 is 28.2. The van der Waals surface area contributed by atoms with Crippen molar-refractivity contribution in [1.82, 2.24) is 4.90 Å². The van der Waals surface area contributed by atoms with Gasteiger partial charge in [0, 0.05) is 12.3 Å². The van der Waals surface area contributed by atoms with Crippen molar-refractivity contribution in [3.8, 4) is 17.2 Å². The lowest BCUT2D eigenvalue weighted by Crippen LogP contribution is -2.48. The second-order valence-corrected chi connectivity index (χ2v) is 19.6. The van der Waals surface area contributed by atoms with E-state index >= 15 is 0 Å². The molecule has 2 aliphatic heterocycles. The second kappa shape index (κ2) is 15.1. The van der Waals surface area contributed by atoms with Crippen LogP contribution in [0.25, 0.3) is 5.57 Å². The number of carbonyl (C=O) groups is 3. The summed E-state index contributed by atoms with van der Waals surface area (Å²) in [5, 5.41) is 0. The third-order valence-corrected chi connectivity index (χ3v) is 14.7. The molecule has 12 heteroatoms. The third-order valence-electron chi connectivity index (χ3n) is 8.92. The maximum Gasteiger partial charge on any atom is 0.514 e. The Kier molecular flexibility index (Phi) is 11.5. The van der Waals surface area contributed by atoms with E-state index in [1.165, 1.54) is 18.1 Å². The number of benzene rings is 2. The van der Waals surface area contributed by atoms with Crippen molar-refractivity contribution in [2.45, 2.75) is 97.0 Å². The molecule has 0 unspecified atom stereocenters. The van der Waals surface area contributed by atoms with Crippen LogP contribution < -0.4 is 19.3 Å². The number of nitrogens with zero attached hydrogens (tertiary/aromatic N) is 2. The number of carbonyl (C=O) groups excluding carboxylic acids is 3. The van der Waals surface area contributed by atoms with Crippen LogP contribution in [0.3, 0.4) is 0 Å². The van der Waals surface area contributed by atoms with Crippen LogP contribution in [0.1, 0.15) is 84.7 Å². The summed E-state index contributed by atoms with van der Waals surface area (Å²) in [6.45, 7) is 22.0. The molecular formula is C37H50N2O9Si. The number of hydrogen-bond donors (Lipinski definition) is 0. The number of fused-ring (bicyclic) bond motifs is 2. The average Bonchev–Trinajstić information content (AvgIpc) is 3.40. The molecule has 0 aliphatic carbocycles. The Bertz CT molecular complexity index is 1560. The highest BCUT2D eigenvalue weighted by Gasteiger charge is 2.48. The lowest BCUT2D eigenvalue weighted by Gasteiger charge is -2.39. The van der Waals surface area contributed by atoms with E-state index in [-0.39, 0.29) is 47.0 Å². The third kappa shape index (κ3) is 8.13. The molecule has 0 aromatic heterocycles. The molecule has 2 aromatic rings. The van der Waals surface area contributed by atoms with Gasteiger partial charge in [-0.1, -0.05) is 66.3 Å². The van der Waals surface area contributed by atoms with Crippen molar-refractivity contribution in [2.24, 2.45) is 0 Å². The van der Waals surface area contributed by atoms with Gasteiger partial charge in [0.05, 0.1) is 30.9 Å². The largest absolute Gasteiger partial charge is 0.514 e. The van der Waals surface area contributed by atoms with Gasteiger partial charge >= 0.3 is 12.2 Å².